The molecule has 9 heteroatoms. The molecular weight excluding hydrogens is 354 g/mol. The Hall–Kier alpha value is -2.06. The van der Waals surface area contributed by atoms with Gasteiger partial charge in [-0.05, 0) is 25.1 Å². The van der Waals surface area contributed by atoms with Gasteiger partial charge in [-0.3, -0.25) is 14.4 Å². The van der Waals surface area contributed by atoms with E-state index in [-0.39, 0.29) is 22.7 Å². The first kappa shape index (κ1) is 18.3. The van der Waals surface area contributed by atoms with Crippen molar-refractivity contribution in [3.05, 3.63) is 28.8 Å². The van der Waals surface area contributed by atoms with Crippen LogP contribution in [0.15, 0.2) is 23.3 Å². The Balaban J connectivity index is 2.52. The molecule has 2 amide bonds. The summed E-state index contributed by atoms with van der Waals surface area (Å²) in [7, 11) is 0. The Morgan fingerprint density at radius 3 is 2.50 bits per heavy atom. The number of benzene rings is 1. The summed E-state index contributed by atoms with van der Waals surface area (Å²) in [6.07, 6.45) is 0. The van der Waals surface area contributed by atoms with E-state index in [1.165, 1.54) is 25.8 Å². The van der Waals surface area contributed by atoms with Crippen LogP contribution in [-0.2, 0) is 19.3 Å². The van der Waals surface area contributed by atoms with Crippen LogP contribution >= 0.6 is 23.4 Å². The minimum Gasteiger partial charge on any atom is -0.426 e. The zero-order valence-electron chi connectivity index (χ0n) is 13.5. The predicted molar refractivity (Wildman–Crippen MR) is 91.5 cm³/mol. The molecule has 1 aliphatic rings. The number of carbonyl (C=O) groups excluding carboxylic acids is 3. The number of nitrogens with zero attached hydrogens (tertiary/aromatic N) is 2. The summed E-state index contributed by atoms with van der Waals surface area (Å²) in [4.78, 5) is 33.7. The maximum absolute atomic E-state index is 12.0. The van der Waals surface area contributed by atoms with Gasteiger partial charge in [-0.2, -0.15) is 0 Å². The van der Waals surface area contributed by atoms with Gasteiger partial charge in [0.25, 0.3) is 0 Å². The number of nitrogens with one attached hydrogen (secondary N) is 1. The molecule has 1 aromatic carbocycles. The minimum absolute atomic E-state index is 0.271. The number of thioether (sulfide) groups is 1. The molecule has 1 aromatic rings. The number of carbonyl (C=O) groups is 3. The van der Waals surface area contributed by atoms with E-state index in [0.717, 1.165) is 11.8 Å². The van der Waals surface area contributed by atoms with E-state index >= 15 is 0 Å². The van der Waals surface area contributed by atoms with Crippen LogP contribution in [0.5, 0.6) is 5.75 Å². The standard InChI is InChI=1S/C15H16ClN3O4S/c1-8(20)17-14-18-19(9(2)21)15(4,24-14)12-7-11(16)5-6-13(12)23-10(3)22/h5-7H,1-4H3,(H,17,18,20)/t15-/m1/s1. The van der Waals surface area contributed by atoms with Crippen LogP contribution in [0.3, 0.4) is 0 Å². The molecule has 1 heterocycles. The van der Waals surface area contributed by atoms with Gasteiger partial charge in [0.2, 0.25) is 11.8 Å². The monoisotopic (exact) mass is 369 g/mol. The van der Waals surface area contributed by atoms with Gasteiger partial charge in [-0.1, -0.05) is 23.4 Å². The van der Waals surface area contributed by atoms with Crippen molar-refractivity contribution in [2.75, 3.05) is 0 Å². The van der Waals surface area contributed by atoms with Crippen molar-refractivity contribution >= 4 is 46.3 Å². The molecule has 1 aliphatic heterocycles. The fraction of sp³-hybridized carbons (Fsp3) is 0.333. The van der Waals surface area contributed by atoms with Crippen molar-refractivity contribution in [2.45, 2.75) is 32.6 Å². The molecule has 24 heavy (non-hydrogen) atoms. The number of amidine groups is 1. The molecule has 0 saturated carbocycles. The summed E-state index contributed by atoms with van der Waals surface area (Å²) in [6, 6.07) is 4.74. The van der Waals surface area contributed by atoms with Crippen molar-refractivity contribution in [1.29, 1.82) is 0 Å². The van der Waals surface area contributed by atoms with Gasteiger partial charge in [0.15, 0.2) is 5.17 Å². The summed E-state index contributed by atoms with van der Waals surface area (Å²) in [5.41, 5.74) is 0.495. The van der Waals surface area contributed by atoms with Crippen LogP contribution in [0.1, 0.15) is 33.3 Å². The van der Waals surface area contributed by atoms with Crippen LogP contribution in [0.25, 0.3) is 0 Å². The molecule has 0 bridgehead atoms. The predicted octanol–water partition coefficient (Wildman–Crippen LogP) is 2.44. The molecule has 7 nitrogen and oxygen atoms in total. The maximum Gasteiger partial charge on any atom is 0.308 e. The van der Waals surface area contributed by atoms with Gasteiger partial charge in [-0.15, -0.1) is 5.10 Å². The van der Waals surface area contributed by atoms with Gasteiger partial charge in [-0.25, -0.2) is 5.01 Å². The Morgan fingerprint density at radius 2 is 1.96 bits per heavy atom. The first-order valence-electron chi connectivity index (χ1n) is 6.98. The quantitative estimate of drug-likeness (QED) is 0.639. The smallest absolute Gasteiger partial charge is 0.308 e. The third kappa shape index (κ3) is 3.70. The zero-order chi connectivity index (χ0) is 18.1. The van der Waals surface area contributed by atoms with Crippen LogP contribution < -0.4 is 10.1 Å². The lowest BCUT2D eigenvalue weighted by atomic mass is 10.1. The number of hydrazone groups is 1. The Kier molecular flexibility index (Phi) is 5.19. The second-order valence-corrected chi connectivity index (χ2v) is 7.06. The van der Waals surface area contributed by atoms with Crippen LogP contribution in [0.4, 0.5) is 0 Å². The second kappa shape index (κ2) is 6.82. The third-order valence-corrected chi connectivity index (χ3v) is 4.57. The summed E-state index contributed by atoms with van der Waals surface area (Å²) in [5.74, 6) is -0.866. The molecule has 0 aliphatic carbocycles. The van der Waals surface area contributed by atoms with Crippen molar-refractivity contribution in [1.82, 2.24) is 10.3 Å². The van der Waals surface area contributed by atoms with E-state index in [0.29, 0.717) is 10.6 Å². The highest BCUT2D eigenvalue weighted by atomic mass is 35.5. The molecule has 2 rings (SSSR count). The van der Waals surface area contributed by atoms with Crippen LogP contribution in [0, 0.1) is 0 Å². The molecule has 0 radical (unpaired) electrons. The normalized spacial score (nSPS) is 19.7. The molecule has 0 unspecified atom stereocenters. The fourth-order valence-electron chi connectivity index (χ4n) is 2.29. The van der Waals surface area contributed by atoms with Crippen molar-refractivity contribution < 1.29 is 19.1 Å². The van der Waals surface area contributed by atoms with Crippen LogP contribution in [-0.4, -0.2) is 28.0 Å². The van der Waals surface area contributed by atoms with E-state index < -0.39 is 10.8 Å². The molecule has 1 atom stereocenters. The maximum atomic E-state index is 12.0. The van der Waals surface area contributed by atoms with E-state index in [1.54, 1.807) is 25.1 Å². The average Bonchev–Trinajstić information content (AvgIpc) is 2.77. The zero-order valence-corrected chi connectivity index (χ0v) is 15.1. The van der Waals surface area contributed by atoms with E-state index in [1.807, 2.05) is 0 Å². The van der Waals surface area contributed by atoms with E-state index in [4.69, 9.17) is 16.3 Å². The molecule has 1 N–H and O–H groups in total. The molecular formula is C15H16ClN3O4S. The largest absolute Gasteiger partial charge is 0.426 e. The van der Waals surface area contributed by atoms with Gasteiger partial charge in [0.05, 0.1) is 0 Å². The Bertz CT molecular complexity index is 752. The number of hydrogen-bond donors (Lipinski definition) is 1. The number of halogens is 1. The molecule has 0 spiro atoms. The Morgan fingerprint density at radius 1 is 1.29 bits per heavy atom. The molecule has 128 valence electrons. The third-order valence-electron chi connectivity index (χ3n) is 3.17. The highest BCUT2D eigenvalue weighted by Crippen LogP contribution is 2.48. The SMILES string of the molecule is CC(=O)NC1=NN(C(C)=O)[C@@](C)(c2cc(Cl)ccc2OC(C)=O)S1. The van der Waals surface area contributed by atoms with E-state index in [9.17, 15) is 14.4 Å². The molecule has 0 aromatic heterocycles. The highest BCUT2D eigenvalue weighted by Gasteiger charge is 2.46. The number of esters is 1. The van der Waals surface area contributed by atoms with E-state index in [2.05, 4.69) is 10.4 Å². The van der Waals surface area contributed by atoms with Crippen molar-refractivity contribution in [2.24, 2.45) is 5.10 Å². The molecule has 0 fully saturated rings. The highest BCUT2D eigenvalue weighted by molar-refractivity contribution is 8.14. The van der Waals surface area contributed by atoms with Crippen molar-refractivity contribution in [3.63, 3.8) is 0 Å². The van der Waals surface area contributed by atoms with Gasteiger partial charge >= 0.3 is 5.97 Å². The summed E-state index contributed by atoms with van der Waals surface area (Å²) in [6.45, 7) is 5.72. The number of rotatable bonds is 2. The second-order valence-electron chi connectivity index (χ2n) is 5.24. The fourth-order valence-corrected chi connectivity index (χ4v) is 3.68. The lowest BCUT2D eigenvalue weighted by Crippen LogP contribution is -2.38. The minimum atomic E-state index is -1.03. The van der Waals surface area contributed by atoms with Crippen LogP contribution in [0.2, 0.25) is 5.02 Å². The van der Waals surface area contributed by atoms with Gasteiger partial charge in [0.1, 0.15) is 10.6 Å². The molecule has 0 saturated heterocycles. The summed E-state index contributed by atoms with van der Waals surface area (Å²) >= 11 is 7.24. The van der Waals surface area contributed by atoms with Gasteiger partial charge in [0, 0.05) is 31.4 Å². The lowest BCUT2D eigenvalue weighted by molar-refractivity contribution is -0.132. The number of ether oxygens (including phenoxy) is 1. The number of hydrogen-bond acceptors (Lipinski definition) is 6. The summed E-state index contributed by atoms with van der Waals surface area (Å²) < 4.78 is 5.24. The van der Waals surface area contributed by atoms with Gasteiger partial charge < -0.3 is 10.1 Å². The summed E-state index contributed by atoms with van der Waals surface area (Å²) in [5, 5.41) is 8.63. The Labute approximate surface area is 148 Å². The first-order valence-corrected chi connectivity index (χ1v) is 8.17. The van der Waals surface area contributed by atoms with Crippen molar-refractivity contribution in [3.8, 4) is 5.75 Å². The lowest BCUT2D eigenvalue weighted by Gasteiger charge is -2.32. The first-order chi connectivity index (χ1) is 11.1. The number of amides is 2. The average molecular weight is 370 g/mol. The topological polar surface area (TPSA) is 88.1 Å².